The average Bonchev–Trinajstić information content (AvgIpc) is 2.85. The van der Waals surface area contributed by atoms with Crippen molar-refractivity contribution in [3.05, 3.63) is 18.0 Å². The molecule has 108 valence electrons. The van der Waals surface area contributed by atoms with E-state index in [1.54, 1.807) is 0 Å². The van der Waals surface area contributed by atoms with Gasteiger partial charge in [0.2, 0.25) is 5.89 Å². The lowest BCUT2D eigenvalue weighted by molar-refractivity contribution is 0.127. The van der Waals surface area contributed by atoms with Crippen LogP contribution in [0.2, 0.25) is 0 Å². The van der Waals surface area contributed by atoms with Gasteiger partial charge in [-0.1, -0.05) is 41.5 Å². The van der Waals surface area contributed by atoms with Gasteiger partial charge in [-0.3, -0.25) is 0 Å². The van der Waals surface area contributed by atoms with Crippen molar-refractivity contribution in [3.63, 3.8) is 0 Å². The maximum Gasteiger partial charge on any atom is 0.200 e. The topological polar surface area (TPSA) is 47.3 Å². The first kappa shape index (κ1) is 13.3. The molecule has 0 radical (unpaired) electrons. The molecule has 2 aromatic rings. The summed E-state index contributed by atoms with van der Waals surface area (Å²) in [6, 6.07) is 3.95. The lowest BCUT2D eigenvalue weighted by Crippen LogP contribution is -2.35. The van der Waals surface area contributed by atoms with E-state index in [2.05, 4.69) is 51.8 Å². The normalized spacial score (nSPS) is 18.8. The molecule has 1 atom stereocenters. The van der Waals surface area contributed by atoms with Crippen molar-refractivity contribution in [2.45, 2.75) is 53.2 Å². The van der Waals surface area contributed by atoms with Gasteiger partial charge in [-0.15, -0.1) is 0 Å². The van der Waals surface area contributed by atoms with Gasteiger partial charge in [-0.05, 0) is 0 Å². The van der Waals surface area contributed by atoms with Crippen LogP contribution in [0.25, 0.3) is 11.1 Å². The maximum atomic E-state index is 5.98. The molecular formula is C16H22N2O2. The van der Waals surface area contributed by atoms with E-state index in [1.165, 1.54) is 0 Å². The number of rotatable bonds is 0. The highest BCUT2D eigenvalue weighted by atomic mass is 16.5. The predicted octanol–water partition coefficient (Wildman–Crippen LogP) is 4.30. The van der Waals surface area contributed by atoms with Crippen LogP contribution in [0.3, 0.4) is 0 Å². The molecule has 1 aliphatic rings. The number of nitrogens with zero attached hydrogens (tertiary/aromatic N) is 1. The molecule has 1 aromatic heterocycles. The van der Waals surface area contributed by atoms with Crippen LogP contribution in [0.1, 0.15) is 47.4 Å². The summed E-state index contributed by atoms with van der Waals surface area (Å²) in [6.45, 7) is 12.7. The van der Waals surface area contributed by atoms with E-state index in [0.29, 0.717) is 0 Å². The number of hydrogen-bond acceptors (Lipinski definition) is 4. The summed E-state index contributed by atoms with van der Waals surface area (Å²) in [5, 5.41) is 3.40. The first-order valence-corrected chi connectivity index (χ1v) is 7.03. The van der Waals surface area contributed by atoms with Gasteiger partial charge < -0.3 is 14.5 Å². The minimum atomic E-state index is -0.0916. The van der Waals surface area contributed by atoms with Crippen LogP contribution in [-0.2, 0) is 5.41 Å². The van der Waals surface area contributed by atoms with E-state index in [0.717, 1.165) is 28.4 Å². The number of aromatic nitrogens is 1. The molecule has 4 nitrogen and oxygen atoms in total. The van der Waals surface area contributed by atoms with Gasteiger partial charge >= 0.3 is 0 Å². The molecule has 1 aliphatic heterocycles. The number of fused-ring (bicyclic) bond motifs is 2. The van der Waals surface area contributed by atoms with Crippen LogP contribution in [0.5, 0.6) is 5.75 Å². The van der Waals surface area contributed by atoms with E-state index in [-0.39, 0.29) is 17.1 Å². The molecule has 2 heterocycles. The standard InChI is InChI=1S/C16H22N2O2/c1-15(2,3)13-17-9-7-12-10(8-11(9)19-13)18-14(20-12)16(4,5)6/h7-8,13,17H,1-6H3. The number of benzene rings is 1. The van der Waals surface area contributed by atoms with Gasteiger partial charge in [0.1, 0.15) is 11.3 Å². The fourth-order valence-electron chi connectivity index (χ4n) is 2.18. The number of anilines is 1. The van der Waals surface area contributed by atoms with Crippen LogP contribution in [0, 0.1) is 5.41 Å². The Labute approximate surface area is 119 Å². The van der Waals surface area contributed by atoms with Crippen molar-refractivity contribution in [2.24, 2.45) is 5.41 Å². The summed E-state index contributed by atoms with van der Waals surface area (Å²) in [5.41, 5.74) is 2.58. The van der Waals surface area contributed by atoms with Crippen LogP contribution in [0.15, 0.2) is 16.5 Å². The summed E-state index contributed by atoms with van der Waals surface area (Å²) in [4.78, 5) is 4.57. The molecule has 1 aromatic carbocycles. The fourth-order valence-corrected chi connectivity index (χ4v) is 2.18. The lowest BCUT2D eigenvalue weighted by atomic mass is 9.94. The highest BCUT2D eigenvalue weighted by molar-refractivity contribution is 5.82. The average molecular weight is 274 g/mol. The molecule has 20 heavy (non-hydrogen) atoms. The van der Waals surface area contributed by atoms with Crippen molar-refractivity contribution in [1.82, 2.24) is 4.98 Å². The van der Waals surface area contributed by atoms with Crippen molar-refractivity contribution in [3.8, 4) is 5.75 Å². The third-order valence-electron chi connectivity index (χ3n) is 3.45. The molecule has 4 heteroatoms. The first-order valence-electron chi connectivity index (χ1n) is 7.03. The van der Waals surface area contributed by atoms with Gasteiger partial charge in [0.15, 0.2) is 11.8 Å². The largest absolute Gasteiger partial charge is 0.468 e. The minimum absolute atomic E-state index is 0.0221. The minimum Gasteiger partial charge on any atom is -0.468 e. The number of hydrogen-bond donors (Lipinski definition) is 1. The zero-order chi connectivity index (χ0) is 14.7. The highest BCUT2D eigenvalue weighted by Gasteiger charge is 2.33. The second-order valence-corrected chi connectivity index (χ2v) is 7.59. The zero-order valence-corrected chi connectivity index (χ0v) is 13.0. The number of ether oxygens (including phenoxy) is 1. The van der Waals surface area contributed by atoms with Crippen molar-refractivity contribution < 1.29 is 9.15 Å². The van der Waals surface area contributed by atoms with E-state index in [9.17, 15) is 0 Å². The summed E-state index contributed by atoms with van der Waals surface area (Å²) in [6.07, 6.45) is -0.0221. The predicted molar refractivity (Wildman–Crippen MR) is 80.2 cm³/mol. The molecule has 0 fully saturated rings. The van der Waals surface area contributed by atoms with Crippen LogP contribution >= 0.6 is 0 Å². The Bertz CT molecular complexity index is 616. The monoisotopic (exact) mass is 274 g/mol. The highest BCUT2D eigenvalue weighted by Crippen LogP contribution is 2.40. The van der Waals surface area contributed by atoms with E-state index >= 15 is 0 Å². The SMILES string of the molecule is CC(C)(C)c1nc2cc3c(cc2o1)NC(C(C)(C)C)O3. The Morgan fingerprint density at radius 1 is 1.10 bits per heavy atom. The van der Waals surface area contributed by atoms with Gasteiger partial charge in [0, 0.05) is 23.0 Å². The molecule has 1 N–H and O–H groups in total. The molecule has 0 amide bonds. The third-order valence-corrected chi connectivity index (χ3v) is 3.45. The quantitative estimate of drug-likeness (QED) is 0.778. The molecule has 0 saturated heterocycles. The van der Waals surface area contributed by atoms with Gasteiger partial charge in [-0.25, -0.2) is 4.98 Å². The second kappa shape index (κ2) is 3.90. The van der Waals surface area contributed by atoms with E-state index < -0.39 is 0 Å². The molecule has 0 saturated carbocycles. The van der Waals surface area contributed by atoms with Crippen LogP contribution < -0.4 is 10.1 Å². The zero-order valence-electron chi connectivity index (χ0n) is 13.0. The van der Waals surface area contributed by atoms with E-state index in [1.807, 2.05) is 12.1 Å². The first-order chi connectivity index (χ1) is 9.14. The Morgan fingerprint density at radius 2 is 1.80 bits per heavy atom. The Balaban J connectivity index is 2.01. The van der Waals surface area contributed by atoms with Crippen LogP contribution in [-0.4, -0.2) is 11.2 Å². The van der Waals surface area contributed by atoms with E-state index in [4.69, 9.17) is 9.15 Å². The number of oxazole rings is 1. The molecule has 0 aliphatic carbocycles. The smallest absolute Gasteiger partial charge is 0.200 e. The van der Waals surface area contributed by atoms with Crippen molar-refractivity contribution in [1.29, 1.82) is 0 Å². The number of nitrogens with one attached hydrogen (secondary N) is 1. The fraction of sp³-hybridized carbons (Fsp3) is 0.562. The summed E-state index contributed by atoms with van der Waals surface area (Å²) < 4.78 is 11.9. The molecular weight excluding hydrogens is 252 g/mol. The summed E-state index contributed by atoms with van der Waals surface area (Å²) in [7, 11) is 0. The molecule has 3 rings (SSSR count). The summed E-state index contributed by atoms with van der Waals surface area (Å²) in [5.74, 6) is 1.61. The maximum absolute atomic E-state index is 5.98. The second-order valence-electron chi connectivity index (χ2n) is 7.59. The van der Waals surface area contributed by atoms with Crippen LogP contribution in [0.4, 0.5) is 5.69 Å². The van der Waals surface area contributed by atoms with Gasteiger partial charge in [0.25, 0.3) is 0 Å². The van der Waals surface area contributed by atoms with Crippen molar-refractivity contribution >= 4 is 16.8 Å². The van der Waals surface area contributed by atoms with Gasteiger partial charge in [0.05, 0.1) is 5.69 Å². The molecule has 1 unspecified atom stereocenters. The Kier molecular flexibility index (Phi) is 2.59. The van der Waals surface area contributed by atoms with Gasteiger partial charge in [-0.2, -0.15) is 0 Å². The third kappa shape index (κ3) is 2.13. The van der Waals surface area contributed by atoms with Crippen molar-refractivity contribution in [2.75, 3.05) is 5.32 Å². The molecule has 0 bridgehead atoms. The molecule has 0 spiro atoms. The summed E-state index contributed by atoms with van der Waals surface area (Å²) >= 11 is 0. The Morgan fingerprint density at radius 3 is 2.40 bits per heavy atom. The Hall–Kier alpha value is -1.71. The lowest BCUT2D eigenvalue weighted by Gasteiger charge is -2.26.